The Morgan fingerprint density at radius 3 is 2.57 bits per heavy atom. The lowest BCUT2D eigenvalue weighted by Gasteiger charge is -2.41. The molecule has 1 unspecified atom stereocenters. The van der Waals surface area contributed by atoms with Gasteiger partial charge in [0, 0.05) is 32.7 Å². The second kappa shape index (κ2) is 4.91. The van der Waals surface area contributed by atoms with Crippen LogP contribution in [0.25, 0.3) is 0 Å². The Bertz CT molecular complexity index is 192. The van der Waals surface area contributed by atoms with Crippen LogP contribution in [0.2, 0.25) is 0 Å². The second-order valence-corrected chi connectivity index (χ2v) is 3.93. The van der Waals surface area contributed by atoms with Gasteiger partial charge >= 0.3 is 0 Å². The van der Waals surface area contributed by atoms with Crippen LogP contribution in [-0.2, 0) is 9.47 Å². The van der Waals surface area contributed by atoms with Crippen molar-refractivity contribution in [2.45, 2.75) is 38.3 Å². The first-order valence-corrected chi connectivity index (χ1v) is 5.25. The zero-order chi connectivity index (χ0) is 10.6. The average Bonchev–Trinajstić information content (AvgIpc) is 2.18. The summed E-state index contributed by atoms with van der Waals surface area (Å²) in [5.41, 5.74) is 6.88. The van der Waals surface area contributed by atoms with Crippen molar-refractivity contribution in [3.63, 3.8) is 0 Å². The van der Waals surface area contributed by atoms with Gasteiger partial charge in [-0.25, -0.2) is 0 Å². The lowest BCUT2D eigenvalue weighted by molar-refractivity contribution is -0.114. The molecule has 1 atom stereocenters. The molecule has 1 aliphatic heterocycles. The third-order valence-electron chi connectivity index (χ3n) is 2.87. The van der Waals surface area contributed by atoms with E-state index in [1.807, 2.05) is 13.8 Å². The fraction of sp³-hybridized carbons (Fsp3) is 0.818. The van der Waals surface area contributed by atoms with Crippen LogP contribution >= 0.6 is 0 Å². The Kier molecular flexibility index (Phi) is 4.11. The summed E-state index contributed by atoms with van der Waals surface area (Å²) in [7, 11) is 0. The molecule has 0 bridgehead atoms. The predicted molar refractivity (Wildman–Crippen MR) is 57.2 cm³/mol. The molecular weight excluding hydrogens is 178 g/mol. The fourth-order valence-corrected chi connectivity index (χ4v) is 2.00. The molecule has 0 amide bonds. The van der Waals surface area contributed by atoms with Crippen molar-refractivity contribution in [1.82, 2.24) is 0 Å². The smallest absolute Gasteiger partial charge is 0.0914 e. The van der Waals surface area contributed by atoms with Crippen LogP contribution < -0.4 is 5.73 Å². The normalized spacial score (nSPS) is 23.1. The van der Waals surface area contributed by atoms with Crippen molar-refractivity contribution >= 4 is 0 Å². The van der Waals surface area contributed by atoms with E-state index in [1.54, 1.807) is 0 Å². The molecule has 1 rings (SSSR count). The van der Waals surface area contributed by atoms with Crippen molar-refractivity contribution in [3.8, 4) is 0 Å². The third-order valence-corrected chi connectivity index (χ3v) is 2.87. The van der Waals surface area contributed by atoms with Crippen molar-refractivity contribution in [2.24, 2.45) is 5.73 Å². The van der Waals surface area contributed by atoms with Crippen LogP contribution in [0.4, 0.5) is 0 Å². The first-order valence-electron chi connectivity index (χ1n) is 5.25. The number of hydrogen-bond donors (Lipinski definition) is 1. The van der Waals surface area contributed by atoms with Gasteiger partial charge in [0.25, 0.3) is 0 Å². The zero-order valence-corrected chi connectivity index (χ0v) is 9.21. The van der Waals surface area contributed by atoms with E-state index in [2.05, 4.69) is 6.58 Å². The molecule has 2 N–H and O–H groups in total. The molecule has 0 aromatic heterocycles. The summed E-state index contributed by atoms with van der Waals surface area (Å²) in [6, 6.07) is -0.0775. The lowest BCUT2D eigenvalue weighted by Crippen LogP contribution is -2.53. The first kappa shape index (κ1) is 11.7. The summed E-state index contributed by atoms with van der Waals surface area (Å²) >= 11 is 0. The molecule has 1 aliphatic rings. The van der Waals surface area contributed by atoms with E-state index in [0.717, 1.165) is 31.6 Å². The fourth-order valence-electron chi connectivity index (χ4n) is 2.00. The van der Waals surface area contributed by atoms with Gasteiger partial charge in [0.05, 0.1) is 11.6 Å². The molecule has 0 aromatic carbocycles. The lowest BCUT2D eigenvalue weighted by atomic mass is 9.83. The highest BCUT2D eigenvalue weighted by Gasteiger charge is 2.39. The minimum Gasteiger partial charge on any atom is -0.381 e. The SMILES string of the molecule is C=C(C)C(N)C1(OCC)CCOCC1. The summed E-state index contributed by atoms with van der Waals surface area (Å²) < 4.78 is 11.2. The molecule has 0 aromatic rings. The summed E-state index contributed by atoms with van der Waals surface area (Å²) in [5, 5.41) is 0. The maximum atomic E-state index is 6.13. The Labute approximate surface area is 86.3 Å². The van der Waals surface area contributed by atoms with E-state index >= 15 is 0 Å². The Hall–Kier alpha value is -0.380. The molecule has 14 heavy (non-hydrogen) atoms. The number of rotatable bonds is 4. The molecule has 0 saturated carbocycles. The van der Waals surface area contributed by atoms with E-state index in [4.69, 9.17) is 15.2 Å². The summed E-state index contributed by atoms with van der Waals surface area (Å²) in [4.78, 5) is 0. The van der Waals surface area contributed by atoms with Crippen LogP contribution in [0.15, 0.2) is 12.2 Å². The monoisotopic (exact) mass is 199 g/mol. The first-order chi connectivity index (χ1) is 6.62. The number of ether oxygens (including phenoxy) is 2. The minimum atomic E-state index is -0.237. The standard InChI is InChI=1S/C11H21NO2/c1-4-14-11(10(12)9(2)3)5-7-13-8-6-11/h10H,2,4-8,12H2,1,3H3. The van der Waals surface area contributed by atoms with Crippen LogP contribution in [0.5, 0.6) is 0 Å². The molecule has 0 radical (unpaired) electrons. The van der Waals surface area contributed by atoms with Crippen molar-refractivity contribution in [2.75, 3.05) is 19.8 Å². The van der Waals surface area contributed by atoms with Gasteiger partial charge in [0.2, 0.25) is 0 Å². The zero-order valence-electron chi connectivity index (χ0n) is 9.21. The van der Waals surface area contributed by atoms with E-state index in [-0.39, 0.29) is 11.6 Å². The van der Waals surface area contributed by atoms with Crippen LogP contribution in [0, 0.1) is 0 Å². The van der Waals surface area contributed by atoms with Crippen LogP contribution in [0.1, 0.15) is 26.7 Å². The maximum absolute atomic E-state index is 6.13. The molecular formula is C11H21NO2. The third kappa shape index (κ3) is 2.35. The van der Waals surface area contributed by atoms with Gasteiger partial charge in [-0.3, -0.25) is 0 Å². The number of hydrogen-bond acceptors (Lipinski definition) is 3. The van der Waals surface area contributed by atoms with Gasteiger partial charge in [-0.2, -0.15) is 0 Å². The molecule has 1 heterocycles. The van der Waals surface area contributed by atoms with Crippen molar-refractivity contribution in [3.05, 3.63) is 12.2 Å². The summed E-state index contributed by atoms with van der Waals surface area (Å²) in [6.45, 7) is 10.0. The average molecular weight is 199 g/mol. The highest BCUT2D eigenvalue weighted by Crippen LogP contribution is 2.30. The van der Waals surface area contributed by atoms with E-state index in [0.29, 0.717) is 6.61 Å². The van der Waals surface area contributed by atoms with Gasteiger partial charge in [-0.05, 0) is 13.8 Å². The van der Waals surface area contributed by atoms with Crippen LogP contribution in [0.3, 0.4) is 0 Å². The van der Waals surface area contributed by atoms with Gasteiger partial charge in [-0.15, -0.1) is 0 Å². The van der Waals surface area contributed by atoms with Crippen molar-refractivity contribution in [1.29, 1.82) is 0 Å². The quantitative estimate of drug-likeness (QED) is 0.697. The molecule has 1 saturated heterocycles. The summed E-state index contributed by atoms with van der Waals surface area (Å²) in [6.07, 6.45) is 1.74. The van der Waals surface area contributed by atoms with Gasteiger partial charge in [-0.1, -0.05) is 12.2 Å². The van der Waals surface area contributed by atoms with Gasteiger partial charge < -0.3 is 15.2 Å². The van der Waals surface area contributed by atoms with Gasteiger partial charge in [0.1, 0.15) is 0 Å². The molecule has 0 spiro atoms. The molecule has 0 aliphatic carbocycles. The molecule has 1 fully saturated rings. The van der Waals surface area contributed by atoms with E-state index in [9.17, 15) is 0 Å². The van der Waals surface area contributed by atoms with Crippen LogP contribution in [-0.4, -0.2) is 31.5 Å². The Morgan fingerprint density at radius 2 is 2.14 bits per heavy atom. The van der Waals surface area contributed by atoms with Crippen molar-refractivity contribution < 1.29 is 9.47 Å². The highest BCUT2D eigenvalue weighted by atomic mass is 16.5. The summed E-state index contributed by atoms with van der Waals surface area (Å²) in [5.74, 6) is 0. The van der Waals surface area contributed by atoms with Gasteiger partial charge in [0.15, 0.2) is 0 Å². The predicted octanol–water partition coefficient (Wildman–Crippen LogP) is 1.48. The largest absolute Gasteiger partial charge is 0.381 e. The maximum Gasteiger partial charge on any atom is 0.0914 e. The molecule has 3 nitrogen and oxygen atoms in total. The van der Waals surface area contributed by atoms with E-state index < -0.39 is 0 Å². The Balaban J connectivity index is 2.73. The van der Waals surface area contributed by atoms with E-state index in [1.165, 1.54) is 0 Å². The second-order valence-electron chi connectivity index (χ2n) is 3.93. The molecule has 82 valence electrons. The molecule has 3 heteroatoms. The Morgan fingerprint density at radius 1 is 1.57 bits per heavy atom. The number of nitrogens with two attached hydrogens (primary N) is 1. The highest BCUT2D eigenvalue weighted by molar-refractivity contribution is 5.11. The minimum absolute atomic E-state index is 0.0775. The topological polar surface area (TPSA) is 44.5 Å².